The van der Waals surface area contributed by atoms with Gasteiger partial charge in [-0.3, -0.25) is 0 Å². The Morgan fingerprint density at radius 2 is 0.639 bits per heavy atom. The van der Waals surface area contributed by atoms with Crippen LogP contribution in [0.5, 0.6) is 23.0 Å². The molecular weight excluding hydrogens is 448 g/mol. The van der Waals surface area contributed by atoms with Crippen molar-refractivity contribution in [3.8, 4) is 34.1 Å². The van der Waals surface area contributed by atoms with E-state index in [1.165, 1.54) is 11.1 Å². The van der Waals surface area contributed by atoms with Crippen LogP contribution in [0.25, 0.3) is 35.4 Å². The van der Waals surface area contributed by atoms with E-state index >= 15 is 0 Å². The maximum atomic E-state index is 5.35. The van der Waals surface area contributed by atoms with E-state index in [-0.39, 0.29) is 0 Å². The van der Waals surface area contributed by atoms with E-state index < -0.39 is 0 Å². The zero-order chi connectivity index (χ0) is 25.3. The number of benzene rings is 4. The highest BCUT2D eigenvalue weighted by Gasteiger charge is 2.02. The largest absolute Gasteiger partial charge is 0.497 e. The summed E-state index contributed by atoms with van der Waals surface area (Å²) in [5.74, 6) is 3.08. The minimum atomic E-state index is 0.769. The molecule has 0 aliphatic rings. The Bertz CT molecular complexity index is 1200. The molecule has 0 heterocycles. The number of ether oxygens (including phenoxy) is 4. The Morgan fingerprint density at radius 1 is 0.361 bits per heavy atom. The summed E-state index contributed by atoms with van der Waals surface area (Å²) in [4.78, 5) is 0. The molecule has 0 radical (unpaired) electrons. The molecule has 4 heteroatoms. The highest BCUT2D eigenvalue weighted by atomic mass is 16.5. The molecule has 0 fully saturated rings. The zero-order valence-corrected chi connectivity index (χ0v) is 21.0. The van der Waals surface area contributed by atoms with Crippen molar-refractivity contribution in [2.75, 3.05) is 28.4 Å². The van der Waals surface area contributed by atoms with Gasteiger partial charge in [-0.05, 0) is 57.6 Å². The summed E-state index contributed by atoms with van der Waals surface area (Å²) in [5.41, 5.74) is 6.62. The standard InChI is InChI=1S/C32H30O4/c1-33-29-17-25(18-30(21-29)34-2)7-5-23-9-13-27(14-10-23)28-15-11-24(12-16-28)6-8-26-19-31(35-3)22-32(20-26)36-4/h5-22H,1-4H3. The maximum absolute atomic E-state index is 5.35. The van der Waals surface area contributed by atoms with Crippen LogP contribution in [0.2, 0.25) is 0 Å². The first-order valence-corrected chi connectivity index (χ1v) is 11.6. The van der Waals surface area contributed by atoms with Gasteiger partial charge in [0.2, 0.25) is 0 Å². The quantitative estimate of drug-likeness (QED) is 0.231. The fraction of sp³-hybridized carbons (Fsp3) is 0.125. The van der Waals surface area contributed by atoms with Gasteiger partial charge in [-0.15, -0.1) is 0 Å². The van der Waals surface area contributed by atoms with Crippen LogP contribution in [0.1, 0.15) is 22.3 Å². The van der Waals surface area contributed by atoms with Crippen LogP contribution in [0.4, 0.5) is 0 Å². The maximum Gasteiger partial charge on any atom is 0.123 e. The van der Waals surface area contributed by atoms with E-state index in [0.717, 1.165) is 45.3 Å². The molecule has 182 valence electrons. The minimum absolute atomic E-state index is 0.769. The summed E-state index contributed by atoms with van der Waals surface area (Å²) in [7, 11) is 6.62. The smallest absolute Gasteiger partial charge is 0.123 e. The molecule has 0 atom stereocenters. The number of methoxy groups -OCH3 is 4. The number of hydrogen-bond donors (Lipinski definition) is 0. The molecule has 4 nitrogen and oxygen atoms in total. The number of hydrogen-bond acceptors (Lipinski definition) is 4. The van der Waals surface area contributed by atoms with Crippen molar-refractivity contribution in [2.45, 2.75) is 0 Å². The van der Waals surface area contributed by atoms with Crippen molar-refractivity contribution in [2.24, 2.45) is 0 Å². The van der Waals surface area contributed by atoms with Gasteiger partial charge in [-0.2, -0.15) is 0 Å². The Balaban J connectivity index is 1.44. The Hall–Kier alpha value is -4.44. The van der Waals surface area contributed by atoms with Gasteiger partial charge in [0.15, 0.2) is 0 Å². The SMILES string of the molecule is COc1cc(C=Cc2ccc(-c3ccc(C=Cc4cc(OC)cc(OC)c4)cc3)cc2)cc(OC)c1. The molecule has 4 aromatic rings. The fourth-order valence-corrected chi connectivity index (χ4v) is 3.81. The van der Waals surface area contributed by atoms with Crippen LogP contribution in [0, 0.1) is 0 Å². The molecule has 0 aromatic heterocycles. The lowest BCUT2D eigenvalue weighted by molar-refractivity contribution is 0.394. The Kier molecular flexibility index (Phi) is 8.09. The first-order chi connectivity index (χ1) is 17.6. The second kappa shape index (κ2) is 11.8. The lowest BCUT2D eigenvalue weighted by atomic mass is 10.0. The summed E-state index contributed by atoms with van der Waals surface area (Å²) in [5, 5.41) is 0. The molecule has 0 aliphatic carbocycles. The summed E-state index contributed by atoms with van der Waals surface area (Å²) >= 11 is 0. The molecule has 0 spiro atoms. The summed E-state index contributed by atoms with van der Waals surface area (Å²) in [6.45, 7) is 0. The van der Waals surface area contributed by atoms with Gasteiger partial charge < -0.3 is 18.9 Å². The third kappa shape index (κ3) is 6.36. The molecule has 0 amide bonds. The monoisotopic (exact) mass is 478 g/mol. The van der Waals surface area contributed by atoms with Crippen LogP contribution < -0.4 is 18.9 Å². The molecular formula is C32H30O4. The highest BCUT2D eigenvalue weighted by molar-refractivity contribution is 5.75. The van der Waals surface area contributed by atoms with E-state index in [2.05, 4.69) is 72.8 Å². The molecule has 0 saturated carbocycles. The van der Waals surface area contributed by atoms with Crippen molar-refractivity contribution in [3.05, 3.63) is 107 Å². The first-order valence-electron chi connectivity index (χ1n) is 11.6. The predicted octanol–water partition coefficient (Wildman–Crippen LogP) is 7.73. The van der Waals surface area contributed by atoms with E-state index in [0.29, 0.717) is 0 Å². The molecule has 4 rings (SSSR count). The topological polar surface area (TPSA) is 36.9 Å². The van der Waals surface area contributed by atoms with Gasteiger partial charge in [0.1, 0.15) is 23.0 Å². The summed E-state index contributed by atoms with van der Waals surface area (Å²) in [6, 6.07) is 28.7. The van der Waals surface area contributed by atoms with Crippen LogP contribution in [-0.4, -0.2) is 28.4 Å². The Morgan fingerprint density at radius 3 is 0.917 bits per heavy atom. The Labute approximate surface area is 213 Å². The zero-order valence-electron chi connectivity index (χ0n) is 21.0. The van der Waals surface area contributed by atoms with Gasteiger partial charge in [0.25, 0.3) is 0 Å². The molecule has 36 heavy (non-hydrogen) atoms. The fourth-order valence-electron chi connectivity index (χ4n) is 3.81. The highest BCUT2D eigenvalue weighted by Crippen LogP contribution is 2.26. The second-order valence-corrected chi connectivity index (χ2v) is 8.20. The third-order valence-electron chi connectivity index (χ3n) is 5.84. The molecule has 0 bridgehead atoms. The average molecular weight is 479 g/mol. The van der Waals surface area contributed by atoms with Crippen molar-refractivity contribution >= 4 is 24.3 Å². The van der Waals surface area contributed by atoms with Crippen molar-refractivity contribution in [3.63, 3.8) is 0 Å². The van der Waals surface area contributed by atoms with Crippen molar-refractivity contribution in [1.82, 2.24) is 0 Å². The van der Waals surface area contributed by atoms with E-state index in [9.17, 15) is 0 Å². The van der Waals surface area contributed by atoms with Crippen LogP contribution >= 0.6 is 0 Å². The third-order valence-corrected chi connectivity index (χ3v) is 5.84. The van der Waals surface area contributed by atoms with Gasteiger partial charge in [0, 0.05) is 12.1 Å². The van der Waals surface area contributed by atoms with Gasteiger partial charge in [-0.1, -0.05) is 72.8 Å². The average Bonchev–Trinajstić information content (AvgIpc) is 2.95. The normalized spacial score (nSPS) is 11.1. The van der Waals surface area contributed by atoms with Crippen LogP contribution in [-0.2, 0) is 0 Å². The van der Waals surface area contributed by atoms with Crippen LogP contribution in [0.3, 0.4) is 0 Å². The van der Waals surface area contributed by atoms with E-state index in [1.54, 1.807) is 28.4 Å². The first kappa shape index (κ1) is 24.7. The summed E-state index contributed by atoms with van der Waals surface area (Å²) in [6.07, 6.45) is 8.27. The second-order valence-electron chi connectivity index (χ2n) is 8.20. The lowest BCUT2D eigenvalue weighted by Crippen LogP contribution is -1.88. The summed E-state index contributed by atoms with van der Waals surface area (Å²) < 4.78 is 21.4. The van der Waals surface area contributed by atoms with E-state index in [4.69, 9.17) is 18.9 Å². The minimum Gasteiger partial charge on any atom is -0.497 e. The van der Waals surface area contributed by atoms with Crippen molar-refractivity contribution < 1.29 is 18.9 Å². The molecule has 0 N–H and O–H groups in total. The molecule has 0 aliphatic heterocycles. The van der Waals surface area contributed by atoms with Crippen molar-refractivity contribution in [1.29, 1.82) is 0 Å². The lowest BCUT2D eigenvalue weighted by Gasteiger charge is -2.06. The van der Waals surface area contributed by atoms with Crippen LogP contribution in [0.15, 0.2) is 84.9 Å². The molecule has 4 aromatic carbocycles. The predicted molar refractivity (Wildman–Crippen MR) is 149 cm³/mol. The van der Waals surface area contributed by atoms with Gasteiger partial charge in [0.05, 0.1) is 28.4 Å². The molecule has 0 saturated heterocycles. The molecule has 0 unspecified atom stereocenters. The van der Waals surface area contributed by atoms with Gasteiger partial charge in [-0.25, -0.2) is 0 Å². The van der Waals surface area contributed by atoms with E-state index in [1.807, 2.05) is 36.4 Å². The number of rotatable bonds is 9. The van der Waals surface area contributed by atoms with Gasteiger partial charge >= 0.3 is 0 Å².